The number of carbonyl (C=O) groups is 3. The van der Waals surface area contributed by atoms with Gasteiger partial charge in [0, 0.05) is 5.41 Å². The fourth-order valence-corrected chi connectivity index (χ4v) is 7.93. The van der Waals surface area contributed by atoms with Gasteiger partial charge in [0.05, 0.1) is 17.6 Å². The molecule has 9 atom stereocenters. The van der Waals surface area contributed by atoms with Crippen molar-refractivity contribution in [1.82, 2.24) is 0 Å². The average molecular weight is 490 g/mol. The van der Waals surface area contributed by atoms with E-state index in [0.717, 1.165) is 5.57 Å². The first kappa shape index (κ1) is 27.8. The van der Waals surface area contributed by atoms with Gasteiger partial charge >= 0.3 is 0 Å². The Morgan fingerprint density at radius 2 is 1.80 bits per heavy atom. The van der Waals surface area contributed by atoms with E-state index in [4.69, 9.17) is 5.73 Å². The quantitative estimate of drug-likeness (QED) is 0.334. The minimum absolute atomic E-state index is 0.0682. The van der Waals surface area contributed by atoms with Crippen LogP contribution in [0.1, 0.15) is 74.1 Å². The van der Waals surface area contributed by atoms with Crippen molar-refractivity contribution in [1.29, 1.82) is 0 Å². The number of aliphatic hydroxyl groups is 3. The summed E-state index contributed by atoms with van der Waals surface area (Å²) in [4.78, 5) is 38.6. The van der Waals surface area contributed by atoms with Crippen LogP contribution in [0.25, 0.3) is 0 Å². The number of aliphatic hydroxyl groups excluding tert-OH is 2. The molecule has 1 saturated carbocycles. The molecule has 0 heterocycles. The molecule has 5 N–H and O–H groups in total. The van der Waals surface area contributed by atoms with Gasteiger partial charge < -0.3 is 21.1 Å². The largest absolute Gasteiger partial charge is 0.389 e. The second kappa shape index (κ2) is 9.24. The minimum Gasteiger partial charge on any atom is -0.389 e. The number of hydrogen-bond donors (Lipinski definition) is 4. The third kappa shape index (κ3) is 4.13. The van der Waals surface area contributed by atoms with Crippen LogP contribution in [0.2, 0.25) is 0 Å². The third-order valence-corrected chi connectivity index (χ3v) is 9.61. The molecule has 3 aliphatic carbocycles. The molecule has 7 nitrogen and oxygen atoms in total. The van der Waals surface area contributed by atoms with E-state index in [9.17, 15) is 29.7 Å². The van der Waals surface area contributed by atoms with Crippen LogP contribution in [0.5, 0.6) is 0 Å². The van der Waals surface area contributed by atoms with Crippen molar-refractivity contribution < 1.29 is 29.7 Å². The zero-order valence-electron chi connectivity index (χ0n) is 22.2. The Morgan fingerprint density at radius 3 is 2.29 bits per heavy atom. The number of fused-ring (bicyclic) bond motifs is 1. The standard InChI is InChI=1S/C28H43NO6/c1-8-18-11-20(25(29)34)23(32)28(35)24(33)22(16(5)30)26(6,13-27(18,28)7)12-17-10-21(31)15(4)9-19(17)14(2)3/h9,11,14,17-19,21-22,24,31,33,35H,8,10,12-13H2,1-7H3,(H2,29,34)/t17?,18?,19-,21?,22?,24?,26+,27+,28-/m0/s1. The lowest BCUT2D eigenvalue weighted by atomic mass is 9.42. The molecule has 0 aliphatic heterocycles. The Kier molecular flexibility index (Phi) is 7.32. The van der Waals surface area contributed by atoms with E-state index in [2.05, 4.69) is 19.9 Å². The van der Waals surface area contributed by atoms with Crippen LogP contribution in [0.4, 0.5) is 0 Å². The van der Waals surface area contributed by atoms with Crippen molar-refractivity contribution >= 4 is 17.5 Å². The normalized spacial score (nSPS) is 43.9. The molecule has 0 spiro atoms. The predicted octanol–water partition coefficient (Wildman–Crippen LogP) is 2.71. The highest BCUT2D eigenvalue weighted by molar-refractivity contribution is 6.23. The lowest BCUT2D eigenvalue weighted by Crippen LogP contribution is -2.73. The molecule has 0 aromatic carbocycles. The van der Waals surface area contributed by atoms with Gasteiger partial charge in [-0.3, -0.25) is 14.4 Å². The fraction of sp³-hybridized carbons (Fsp3) is 0.750. The first-order chi connectivity index (χ1) is 16.0. The van der Waals surface area contributed by atoms with Gasteiger partial charge in [0.15, 0.2) is 5.60 Å². The molecular weight excluding hydrogens is 446 g/mol. The van der Waals surface area contributed by atoms with Crippen molar-refractivity contribution in [2.75, 3.05) is 0 Å². The summed E-state index contributed by atoms with van der Waals surface area (Å²) in [5, 5.41) is 34.2. The number of amides is 1. The van der Waals surface area contributed by atoms with Crippen molar-refractivity contribution in [3.05, 3.63) is 23.3 Å². The third-order valence-electron chi connectivity index (χ3n) is 9.61. The SMILES string of the molecule is CCC1C=C(C(N)=O)C(=O)[C@]2(O)C(O)C(C(C)=O)[C@](C)(CC3CC(O)C(C)=C[C@H]3C(C)C)C[C@]12C. The Balaban J connectivity index is 2.15. The second-order valence-electron chi connectivity index (χ2n) is 12.3. The summed E-state index contributed by atoms with van der Waals surface area (Å²) in [5.41, 5.74) is 1.96. The molecule has 1 amide bonds. The first-order valence-corrected chi connectivity index (χ1v) is 12.9. The number of Topliss-reactive ketones (excluding diaryl/α,β-unsaturated/α-hetero) is 2. The highest BCUT2D eigenvalue weighted by Crippen LogP contribution is 2.63. The van der Waals surface area contributed by atoms with Gasteiger partial charge in [-0.25, -0.2) is 0 Å². The lowest BCUT2D eigenvalue weighted by Gasteiger charge is -2.63. The van der Waals surface area contributed by atoms with E-state index in [1.807, 2.05) is 20.8 Å². The van der Waals surface area contributed by atoms with Crippen molar-refractivity contribution in [2.24, 2.45) is 46.2 Å². The molecule has 0 saturated heterocycles. The van der Waals surface area contributed by atoms with Gasteiger partial charge in [-0.15, -0.1) is 0 Å². The van der Waals surface area contributed by atoms with E-state index in [-0.39, 0.29) is 23.2 Å². The molecule has 35 heavy (non-hydrogen) atoms. The van der Waals surface area contributed by atoms with Gasteiger partial charge in [-0.05, 0) is 74.2 Å². The van der Waals surface area contributed by atoms with Crippen molar-refractivity contribution in [3.63, 3.8) is 0 Å². The molecule has 196 valence electrons. The van der Waals surface area contributed by atoms with Crippen LogP contribution in [0.3, 0.4) is 0 Å². The van der Waals surface area contributed by atoms with Crippen LogP contribution >= 0.6 is 0 Å². The van der Waals surface area contributed by atoms with Gasteiger partial charge in [-0.1, -0.05) is 46.8 Å². The minimum atomic E-state index is -2.30. The highest BCUT2D eigenvalue weighted by Gasteiger charge is 2.71. The Labute approximate surface area is 208 Å². The summed E-state index contributed by atoms with van der Waals surface area (Å²) in [6.45, 7) is 13.3. The molecule has 3 rings (SSSR count). The topological polar surface area (TPSA) is 138 Å². The fourth-order valence-electron chi connectivity index (χ4n) is 7.93. The van der Waals surface area contributed by atoms with E-state index in [1.54, 1.807) is 13.0 Å². The van der Waals surface area contributed by atoms with Crippen LogP contribution in [-0.2, 0) is 14.4 Å². The van der Waals surface area contributed by atoms with Gasteiger partial charge in [0.2, 0.25) is 5.78 Å². The number of allylic oxidation sites excluding steroid dienone is 2. The molecule has 0 bridgehead atoms. The summed E-state index contributed by atoms with van der Waals surface area (Å²) in [7, 11) is 0. The maximum absolute atomic E-state index is 13.5. The van der Waals surface area contributed by atoms with E-state index in [1.165, 1.54) is 6.92 Å². The van der Waals surface area contributed by atoms with Crippen molar-refractivity contribution in [2.45, 2.75) is 92.0 Å². The molecule has 0 aromatic rings. The maximum Gasteiger partial charge on any atom is 0.252 e. The second-order valence-corrected chi connectivity index (χ2v) is 12.3. The Morgan fingerprint density at radius 1 is 1.20 bits per heavy atom. The summed E-state index contributed by atoms with van der Waals surface area (Å²) < 4.78 is 0. The lowest BCUT2D eigenvalue weighted by molar-refractivity contribution is -0.236. The van der Waals surface area contributed by atoms with Crippen molar-refractivity contribution in [3.8, 4) is 0 Å². The van der Waals surface area contributed by atoms with Crippen LogP contribution in [0.15, 0.2) is 23.3 Å². The molecule has 0 radical (unpaired) electrons. The Bertz CT molecular complexity index is 968. The van der Waals surface area contributed by atoms with E-state index < -0.39 is 52.2 Å². The molecule has 5 unspecified atom stereocenters. The van der Waals surface area contributed by atoms with Crippen LogP contribution in [0, 0.1) is 40.4 Å². The molecule has 7 heteroatoms. The zero-order chi connectivity index (χ0) is 26.7. The summed E-state index contributed by atoms with van der Waals surface area (Å²) in [5.74, 6) is -2.96. The predicted molar refractivity (Wildman–Crippen MR) is 133 cm³/mol. The van der Waals surface area contributed by atoms with Gasteiger partial charge in [0.1, 0.15) is 11.9 Å². The summed E-state index contributed by atoms with van der Waals surface area (Å²) >= 11 is 0. The number of rotatable bonds is 6. The molecule has 0 aromatic heterocycles. The van der Waals surface area contributed by atoms with E-state index >= 15 is 0 Å². The van der Waals surface area contributed by atoms with E-state index in [0.29, 0.717) is 31.6 Å². The van der Waals surface area contributed by atoms with Gasteiger partial charge in [0.25, 0.3) is 5.91 Å². The molecular formula is C28H43NO6. The highest BCUT2D eigenvalue weighted by atomic mass is 16.4. The summed E-state index contributed by atoms with van der Waals surface area (Å²) in [6, 6.07) is 0. The number of ketones is 2. The average Bonchev–Trinajstić information content (AvgIpc) is 2.73. The Hall–Kier alpha value is -1.83. The monoisotopic (exact) mass is 489 g/mol. The summed E-state index contributed by atoms with van der Waals surface area (Å²) in [6.07, 6.45) is 3.39. The zero-order valence-corrected chi connectivity index (χ0v) is 22.2. The maximum atomic E-state index is 13.5. The number of hydrogen-bond acceptors (Lipinski definition) is 6. The van der Waals surface area contributed by atoms with Crippen LogP contribution < -0.4 is 5.73 Å². The molecule has 3 aliphatic rings. The van der Waals surface area contributed by atoms with Crippen LogP contribution in [-0.4, -0.2) is 50.6 Å². The smallest absolute Gasteiger partial charge is 0.252 e. The van der Waals surface area contributed by atoms with Gasteiger partial charge in [-0.2, -0.15) is 0 Å². The number of primary amides is 1. The number of nitrogens with two attached hydrogens (primary N) is 1. The molecule has 1 fully saturated rings. The first-order valence-electron chi connectivity index (χ1n) is 12.9. The number of carbonyl (C=O) groups excluding carboxylic acids is 3.